The molecule has 0 radical (unpaired) electrons. The van der Waals surface area contributed by atoms with Crippen LogP contribution in [0, 0.1) is 0 Å². The highest BCUT2D eigenvalue weighted by atomic mass is 35.5. The molecule has 0 spiro atoms. The van der Waals surface area contributed by atoms with Crippen LogP contribution < -0.4 is 0 Å². The number of hydrogen-bond donors (Lipinski definition) is 0. The molecule has 2 aromatic rings. The van der Waals surface area contributed by atoms with Gasteiger partial charge in [-0.05, 0) is 6.07 Å². The molecule has 0 aliphatic rings. The summed E-state index contributed by atoms with van der Waals surface area (Å²) in [4.78, 5) is 3.94. The first-order valence-electron chi connectivity index (χ1n) is 3.21. The van der Waals surface area contributed by atoms with Gasteiger partial charge < -0.3 is 0 Å². The molecule has 4 heteroatoms. The highest BCUT2D eigenvalue weighted by molar-refractivity contribution is 6.33. The number of hydrogen-bond acceptors (Lipinski definition) is 2. The van der Waals surface area contributed by atoms with E-state index < -0.39 is 0 Å². The number of aromatic nitrogens is 3. The van der Waals surface area contributed by atoms with Crippen molar-refractivity contribution in [1.82, 2.24) is 14.8 Å². The van der Waals surface area contributed by atoms with Crippen LogP contribution in [-0.4, -0.2) is 14.8 Å². The average molecular weight is 168 g/mol. The van der Waals surface area contributed by atoms with Crippen LogP contribution in [0.25, 0.3) is 10.9 Å². The molecule has 56 valence electrons. The summed E-state index contributed by atoms with van der Waals surface area (Å²) in [5.41, 5.74) is 0.883. The lowest BCUT2D eigenvalue weighted by molar-refractivity contribution is 0.795. The number of rotatable bonds is 0. The van der Waals surface area contributed by atoms with Crippen LogP contribution in [-0.2, 0) is 7.05 Å². The fourth-order valence-electron chi connectivity index (χ4n) is 1.07. The Kier molecular flexibility index (Phi) is 1.32. The monoisotopic (exact) mass is 167 g/mol. The normalized spacial score (nSPS) is 10.7. The molecule has 0 aliphatic heterocycles. The van der Waals surface area contributed by atoms with Crippen LogP contribution in [0.1, 0.15) is 0 Å². The van der Waals surface area contributed by atoms with E-state index in [2.05, 4.69) is 10.1 Å². The summed E-state index contributed by atoms with van der Waals surface area (Å²) < 4.78 is 1.71. The fraction of sp³-hybridized carbons (Fsp3) is 0.143. The second-order valence-corrected chi connectivity index (χ2v) is 2.67. The van der Waals surface area contributed by atoms with E-state index in [-0.39, 0.29) is 0 Å². The number of halogens is 1. The minimum Gasteiger partial charge on any atom is -0.265 e. The lowest BCUT2D eigenvalue weighted by Gasteiger charge is -1.94. The molecule has 0 saturated heterocycles. The van der Waals surface area contributed by atoms with Crippen LogP contribution >= 0.6 is 11.6 Å². The second kappa shape index (κ2) is 2.20. The zero-order valence-corrected chi connectivity index (χ0v) is 6.71. The summed E-state index contributed by atoms with van der Waals surface area (Å²) >= 11 is 5.83. The first kappa shape index (κ1) is 6.61. The zero-order valence-electron chi connectivity index (χ0n) is 5.95. The topological polar surface area (TPSA) is 30.7 Å². The molecule has 0 atom stereocenters. The summed E-state index contributed by atoms with van der Waals surface area (Å²) in [6.07, 6.45) is 3.44. The van der Waals surface area contributed by atoms with E-state index in [0.29, 0.717) is 5.15 Å². The van der Waals surface area contributed by atoms with Crippen molar-refractivity contribution in [3.8, 4) is 0 Å². The quantitative estimate of drug-likeness (QED) is 0.559. The molecule has 0 saturated carbocycles. The lowest BCUT2D eigenvalue weighted by atomic mass is 10.3. The summed E-state index contributed by atoms with van der Waals surface area (Å²) in [7, 11) is 1.84. The maximum absolute atomic E-state index is 5.83. The molecule has 0 unspecified atom stereocenters. The van der Waals surface area contributed by atoms with Crippen LogP contribution in [0.4, 0.5) is 0 Å². The van der Waals surface area contributed by atoms with E-state index >= 15 is 0 Å². The molecule has 0 bridgehead atoms. The van der Waals surface area contributed by atoms with Crippen LogP contribution in [0.5, 0.6) is 0 Å². The molecule has 0 fully saturated rings. The highest BCUT2D eigenvalue weighted by Crippen LogP contribution is 2.18. The lowest BCUT2D eigenvalue weighted by Crippen LogP contribution is -1.90. The third-order valence-electron chi connectivity index (χ3n) is 1.60. The van der Waals surface area contributed by atoms with Gasteiger partial charge in [-0.25, -0.2) is 4.98 Å². The Bertz CT molecular complexity index is 393. The largest absolute Gasteiger partial charge is 0.265 e. The van der Waals surface area contributed by atoms with Gasteiger partial charge in [0.05, 0.1) is 6.20 Å². The molecule has 2 rings (SSSR count). The minimum atomic E-state index is 0.502. The smallest absolute Gasteiger partial charge is 0.154 e. The molecule has 2 heterocycles. The molecule has 2 aromatic heterocycles. The van der Waals surface area contributed by atoms with Crippen molar-refractivity contribution < 1.29 is 0 Å². The minimum absolute atomic E-state index is 0.502. The van der Waals surface area contributed by atoms with Crippen LogP contribution in [0.2, 0.25) is 5.15 Å². The van der Waals surface area contributed by atoms with Crippen molar-refractivity contribution in [1.29, 1.82) is 0 Å². The Morgan fingerprint density at radius 3 is 3.09 bits per heavy atom. The Morgan fingerprint density at radius 1 is 1.55 bits per heavy atom. The SMILES string of the molecule is Cn1ncc2ccnc(Cl)c21. The molecular weight excluding hydrogens is 162 g/mol. The molecule has 11 heavy (non-hydrogen) atoms. The third-order valence-corrected chi connectivity index (χ3v) is 1.88. The van der Waals surface area contributed by atoms with Crippen molar-refractivity contribution in [3.05, 3.63) is 23.6 Å². The van der Waals surface area contributed by atoms with Gasteiger partial charge in [-0.3, -0.25) is 4.68 Å². The van der Waals surface area contributed by atoms with Gasteiger partial charge in [0.25, 0.3) is 0 Å². The molecule has 0 amide bonds. The highest BCUT2D eigenvalue weighted by Gasteiger charge is 2.02. The van der Waals surface area contributed by atoms with Gasteiger partial charge in [0.15, 0.2) is 5.15 Å². The molecule has 3 nitrogen and oxygen atoms in total. The first-order valence-corrected chi connectivity index (χ1v) is 3.59. The van der Waals surface area contributed by atoms with Gasteiger partial charge in [0, 0.05) is 18.6 Å². The summed E-state index contributed by atoms with van der Waals surface area (Å²) in [5.74, 6) is 0. The van der Waals surface area contributed by atoms with Gasteiger partial charge >= 0.3 is 0 Å². The van der Waals surface area contributed by atoms with Crippen molar-refractivity contribution in [2.24, 2.45) is 7.05 Å². The van der Waals surface area contributed by atoms with E-state index in [1.165, 1.54) is 0 Å². The van der Waals surface area contributed by atoms with E-state index in [1.807, 2.05) is 13.1 Å². The van der Waals surface area contributed by atoms with Gasteiger partial charge in [-0.1, -0.05) is 11.6 Å². The van der Waals surface area contributed by atoms with Crippen molar-refractivity contribution in [2.45, 2.75) is 0 Å². The predicted molar refractivity (Wildman–Crippen MR) is 43.5 cm³/mol. The standard InChI is InChI=1S/C7H6ClN3/c1-11-6-5(4-10-11)2-3-9-7(6)8/h2-4H,1H3. The van der Waals surface area contributed by atoms with Crippen molar-refractivity contribution in [3.63, 3.8) is 0 Å². The van der Waals surface area contributed by atoms with E-state index in [4.69, 9.17) is 11.6 Å². The summed E-state index contributed by atoms with van der Waals surface area (Å²) in [6.45, 7) is 0. The van der Waals surface area contributed by atoms with Crippen LogP contribution in [0.3, 0.4) is 0 Å². The van der Waals surface area contributed by atoms with Gasteiger partial charge in [0.2, 0.25) is 0 Å². The number of pyridine rings is 1. The third kappa shape index (κ3) is 0.886. The van der Waals surface area contributed by atoms with Gasteiger partial charge in [0.1, 0.15) is 5.52 Å². The maximum Gasteiger partial charge on any atom is 0.154 e. The Hall–Kier alpha value is -1.09. The van der Waals surface area contributed by atoms with Crippen molar-refractivity contribution >= 4 is 22.5 Å². The molecular formula is C7H6ClN3. The zero-order chi connectivity index (χ0) is 7.84. The molecule has 0 N–H and O–H groups in total. The summed E-state index contributed by atoms with van der Waals surface area (Å²) in [6, 6.07) is 1.88. The fourth-order valence-corrected chi connectivity index (χ4v) is 1.36. The average Bonchev–Trinajstić information content (AvgIpc) is 2.34. The van der Waals surface area contributed by atoms with Gasteiger partial charge in [-0.2, -0.15) is 5.10 Å². The number of nitrogens with zero attached hydrogens (tertiary/aromatic N) is 3. The number of fused-ring (bicyclic) bond motifs is 1. The molecule has 0 aromatic carbocycles. The Balaban J connectivity index is 2.96. The Morgan fingerprint density at radius 2 is 2.36 bits per heavy atom. The van der Waals surface area contributed by atoms with E-state index in [0.717, 1.165) is 10.9 Å². The number of aryl methyl sites for hydroxylation is 1. The van der Waals surface area contributed by atoms with Gasteiger partial charge in [-0.15, -0.1) is 0 Å². The first-order chi connectivity index (χ1) is 5.29. The second-order valence-electron chi connectivity index (χ2n) is 2.31. The predicted octanol–water partition coefficient (Wildman–Crippen LogP) is 1.62. The maximum atomic E-state index is 5.83. The van der Waals surface area contributed by atoms with Crippen molar-refractivity contribution in [2.75, 3.05) is 0 Å². The Labute approximate surface area is 68.6 Å². The van der Waals surface area contributed by atoms with E-state index in [9.17, 15) is 0 Å². The van der Waals surface area contributed by atoms with E-state index in [1.54, 1.807) is 17.1 Å². The summed E-state index contributed by atoms with van der Waals surface area (Å²) in [5, 5.41) is 5.57. The van der Waals surface area contributed by atoms with Crippen LogP contribution in [0.15, 0.2) is 18.5 Å². The molecule has 0 aliphatic carbocycles.